The summed E-state index contributed by atoms with van der Waals surface area (Å²) in [7, 11) is -3.46. The minimum absolute atomic E-state index is 0.0111. The van der Waals surface area contributed by atoms with Crippen LogP contribution in [0.3, 0.4) is 0 Å². The number of primary amides is 1. The molecule has 2 aliphatic heterocycles. The molecule has 20 heavy (non-hydrogen) atoms. The average Bonchev–Trinajstić information content (AvgIpc) is 2.57. The molecule has 3 amide bonds. The van der Waals surface area contributed by atoms with E-state index in [0.29, 0.717) is 10.6 Å². The van der Waals surface area contributed by atoms with Gasteiger partial charge in [-0.2, -0.15) is 13.5 Å². The van der Waals surface area contributed by atoms with E-state index in [1.807, 2.05) is 0 Å². The Bertz CT molecular complexity index is 572. The molecule has 0 aromatic carbocycles. The second-order valence-corrected chi connectivity index (χ2v) is 5.31. The molecule has 2 aliphatic rings. The van der Waals surface area contributed by atoms with E-state index in [1.54, 1.807) is 0 Å². The molecule has 11 heteroatoms. The standard InChI is InChI=1S/C9H13N3O7S/c1-18-4-5-2-6(8(10)13)11-3-7(5)12(9(11)14)19-20(15,16)17/h2,6-7H,3-4H2,1H3,(H2,10,13)(H,15,16,17). The molecule has 0 aromatic rings. The minimum Gasteiger partial charge on any atom is -0.380 e. The molecule has 1 fully saturated rings. The van der Waals surface area contributed by atoms with Crippen molar-refractivity contribution in [2.45, 2.75) is 12.1 Å². The van der Waals surface area contributed by atoms with Gasteiger partial charge in [0.15, 0.2) is 0 Å². The summed E-state index contributed by atoms with van der Waals surface area (Å²) in [4.78, 5) is 24.4. The van der Waals surface area contributed by atoms with Crippen molar-refractivity contribution in [1.82, 2.24) is 9.96 Å². The molecule has 2 rings (SSSR count). The van der Waals surface area contributed by atoms with E-state index in [2.05, 4.69) is 4.28 Å². The number of urea groups is 1. The number of rotatable bonds is 5. The summed E-state index contributed by atoms with van der Waals surface area (Å²) in [6, 6.07) is -2.67. The number of ether oxygens (including phenoxy) is 1. The highest BCUT2D eigenvalue weighted by Gasteiger charge is 2.49. The van der Waals surface area contributed by atoms with Crippen molar-refractivity contribution in [3.63, 3.8) is 0 Å². The number of methoxy groups -OCH3 is 1. The van der Waals surface area contributed by atoms with Crippen molar-refractivity contribution in [3.05, 3.63) is 11.6 Å². The summed E-state index contributed by atoms with van der Waals surface area (Å²) in [5, 5.41) is 0.489. The molecule has 0 saturated carbocycles. The van der Waals surface area contributed by atoms with Crippen LogP contribution in [0.5, 0.6) is 0 Å². The topological polar surface area (TPSA) is 139 Å². The van der Waals surface area contributed by atoms with Crippen LogP contribution in [-0.4, -0.2) is 67.2 Å². The smallest absolute Gasteiger partial charge is 0.380 e. The number of hydrogen-bond acceptors (Lipinski definition) is 6. The van der Waals surface area contributed by atoms with Gasteiger partial charge in [0.2, 0.25) is 5.91 Å². The summed E-state index contributed by atoms with van der Waals surface area (Å²) in [5.41, 5.74) is 5.66. The fourth-order valence-corrected chi connectivity index (χ4v) is 2.61. The number of carbonyl (C=O) groups excluding carboxylic acids is 2. The number of hydrogen-bond donors (Lipinski definition) is 2. The Morgan fingerprint density at radius 1 is 1.60 bits per heavy atom. The van der Waals surface area contributed by atoms with Crippen LogP contribution in [0.1, 0.15) is 0 Å². The number of carbonyl (C=O) groups is 2. The lowest BCUT2D eigenvalue weighted by molar-refractivity contribution is -0.120. The SMILES string of the molecule is COCC1=CC(C(N)=O)N2CC1N(OS(=O)(=O)O)C2=O. The van der Waals surface area contributed by atoms with Gasteiger partial charge in [0.05, 0.1) is 13.2 Å². The minimum atomic E-state index is -4.86. The average molecular weight is 307 g/mol. The van der Waals surface area contributed by atoms with Crippen LogP contribution in [0.15, 0.2) is 11.6 Å². The van der Waals surface area contributed by atoms with Crippen molar-refractivity contribution in [1.29, 1.82) is 0 Å². The summed E-state index contributed by atoms with van der Waals surface area (Å²) >= 11 is 0. The Balaban J connectivity index is 2.36. The largest absolute Gasteiger partial charge is 0.418 e. The quantitative estimate of drug-likeness (QED) is 0.454. The van der Waals surface area contributed by atoms with E-state index < -0.39 is 34.4 Å². The van der Waals surface area contributed by atoms with Gasteiger partial charge in [0.25, 0.3) is 0 Å². The third kappa shape index (κ3) is 2.60. The molecule has 2 bridgehead atoms. The van der Waals surface area contributed by atoms with E-state index in [4.69, 9.17) is 15.0 Å². The van der Waals surface area contributed by atoms with Crippen molar-refractivity contribution in [2.75, 3.05) is 20.3 Å². The fraction of sp³-hybridized carbons (Fsp3) is 0.556. The van der Waals surface area contributed by atoms with E-state index >= 15 is 0 Å². The predicted octanol–water partition coefficient (Wildman–Crippen LogP) is -1.73. The first kappa shape index (κ1) is 14.7. The molecule has 0 aromatic heterocycles. The monoisotopic (exact) mass is 307 g/mol. The van der Waals surface area contributed by atoms with Gasteiger partial charge in [-0.3, -0.25) is 9.35 Å². The number of fused-ring (bicyclic) bond motifs is 2. The van der Waals surface area contributed by atoms with Crippen molar-refractivity contribution in [2.24, 2.45) is 5.73 Å². The zero-order chi connectivity index (χ0) is 15.1. The highest BCUT2D eigenvalue weighted by Crippen LogP contribution is 2.30. The zero-order valence-electron chi connectivity index (χ0n) is 10.4. The maximum Gasteiger partial charge on any atom is 0.418 e. The normalized spacial score (nSPS) is 25.9. The summed E-state index contributed by atoms with van der Waals surface area (Å²) in [6.07, 6.45) is 1.42. The van der Waals surface area contributed by atoms with Gasteiger partial charge in [-0.15, -0.1) is 4.28 Å². The molecule has 112 valence electrons. The van der Waals surface area contributed by atoms with Crippen LogP contribution >= 0.6 is 0 Å². The predicted molar refractivity (Wildman–Crippen MR) is 63.3 cm³/mol. The summed E-state index contributed by atoms with van der Waals surface area (Å²) in [6.45, 7) is 0.0675. The Labute approximate surface area is 114 Å². The molecule has 1 saturated heterocycles. The highest BCUT2D eigenvalue weighted by molar-refractivity contribution is 7.80. The number of nitrogens with zero attached hydrogens (tertiary/aromatic N) is 2. The molecule has 0 spiro atoms. The van der Waals surface area contributed by atoms with Crippen LogP contribution < -0.4 is 5.73 Å². The van der Waals surface area contributed by atoms with Crippen molar-refractivity contribution in [3.8, 4) is 0 Å². The molecule has 10 nitrogen and oxygen atoms in total. The van der Waals surface area contributed by atoms with Gasteiger partial charge in [-0.25, -0.2) is 4.79 Å². The lowest BCUT2D eigenvalue weighted by Gasteiger charge is -2.27. The molecule has 0 aliphatic carbocycles. The number of hydroxylamine groups is 2. The van der Waals surface area contributed by atoms with Crippen molar-refractivity contribution < 1.29 is 31.6 Å². The first-order valence-corrected chi connectivity index (χ1v) is 6.87. The Hall–Kier alpha value is -1.69. The van der Waals surface area contributed by atoms with Crippen LogP contribution in [0, 0.1) is 0 Å². The molecule has 2 atom stereocenters. The molecule has 2 unspecified atom stereocenters. The summed E-state index contributed by atoms with van der Waals surface area (Å²) < 4.78 is 39.4. The van der Waals surface area contributed by atoms with Crippen molar-refractivity contribution >= 4 is 22.3 Å². The number of nitrogens with two attached hydrogens (primary N) is 1. The first-order valence-electron chi connectivity index (χ1n) is 5.50. The molecular weight excluding hydrogens is 294 g/mol. The van der Waals surface area contributed by atoms with Crippen LogP contribution in [0.25, 0.3) is 0 Å². The third-order valence-electron chi connectivity index (χ3n) is 3.00. The molecule has 2 heterocycles. The van der Waals surface area contributed by atoms with Gasteiger partial charge in [0.1, 0.15) is 12.1 Å². The highest BCUT2D eigenvalue weighted by atomic mass is 32.3. The van der Waals surface area contributed by atoms with Gasteiger partial charge >= 0.3 is 16.4 Å². The second-order valence-electron chi connectivity index (χ2n) is 4.30. The zero-order valence-corrected chi connectivity index (χ0v) is 11.2. The Kier molecular flexibility index (Phi) is 3.69. The van der Waals surface area contributed by atoms with Gasteiger partial charge < -0.3 is 15.4 Å². The Morgan fingerprint density at radius 2 is 2.25 bits per heavy atom. The molecule has 3 N–H and O–H groups in total. The fourth-order valence-electron chi connectivity index (χ4n) is 2.23. The maximum absolute atomic E-state index is 12.0. The second kappa shape index (κ2) is 5.01. The maximum atomic E-state index is 12.0. The molecule has 0 radical (unpaired) electrons. The third-order valence-corrected chi connectivity index (χ3v) is 3.35. The van der Waals surface area contributed by atoms with E-state index in [1.165, 1.54) is 13.2 Å². The van der Waals surface area contributed by atoms with E-state index in [-0.39, 0.29) is 13.2 Å². The van der Waals surface area contributed by atoms with E-state index in [0.717, 1.165) is 4.90 Å². The van der Waals surface area contributed by atoms with Gasteiger partial charge in [-0.05, 0) is 11.6 Å². The first-order chi connectivity index (χ1) is 9.24. The summed E-state index contributed by atoms with van der Waals surface area (Å²) in [5.74, 6) is -0.765. The molecular formula is C9H13N3O7S. The van der Waals surface area contributed by atoms with Gasteiger partial charge in [-0.1, -0.05) is 0 Å². The lowest BCUT2D eigenvalue weighted by Crippen LogP contribution is -2.47. The van der Waals surface area contributed by atoms with Crippen LogP contribution in [0.4, 0.5) is 4.79 Å². The van der Waals surface area contributed by atoms with Crippen LogP contribution in [0.2, 0.25) is 0 Å². The van der Waals surface area contributed by atoms with Gasteiger partial charge in [0, 0.05) is 7.11 Å². The number of amides is 3. The lowest BCUT2D eigenvalue weighted by atomic mass is 10.0. The Morgan fingerprint density at radius 3 is 2.75 bits per heavy atom. The van der Waals surface area contributed by atoms with Crippen LogP contribution in [-0.2, 0) is 24.2 Å². The van der Waals surface area contributed by atoms with E-state index in [9.17, 15) is 18.0 Å².